The van der Waals surface area contributed by atoms with Crippen LogP contribution in [0.1, 0.15) is 12.5 Å². The lowest BCUT2D eigenvalue weighted by molar-refractivity contribution is 0.0389. The first-order chi connectivity index (χ1) is 11.1. The van der Waals surface area contributed by atoms with Gasteiger partial charge in [0.25, 0.3) is 0 Å². The van der Waals surface area contributed by atoms with Crippen molar-refractivity contribution in [3.8, 4) is 0 Å². The first-order valence-electron chi connectivity index (χ1n) is 7.40. The molecule has 1 heterocycles. The minimum atomic E-state index is -0.653. The zero-order valence-corrected chi connectivity index (χ0v) is 13.8. The van der Waals surface area contributed by atoms with Gasteiger partial charge in [-0.3, -0.25) is 10.3 Å². The predicted octanol–water partition coefficient (Wildman–Crippen LogP) is 1.49. The lowest BCUT2D eigenvalue weighted by atomic mass is 10.1. The molecule has 0 aliphatic carbocycles. The number of thiocarbonyl (C=S) groups is 1. The summed E-state index contributed by atoms with van der Waals surface area (Å²) in [5, 5.41) is 7.25. The second-order valence-electron chi connectivity index (χ2n) is 5.12. The molecule has 1 aromatic carbocycles. The monoisotopic (exact) mass is 342 g/mol. The van der Waals surface area contributed by atoms with Crippen LogP contribution in [-0.2, 0) is 4.74 Å². The Morgan fingerprint density at radius 2 is 1.96 bits per heavy atom. The molecule has 23 heavy (non-hydrogen) atoms. The topological polar surface area (TPSA) is 48.9 Å². The summed E-state index contributed by atoms with van der Waals surface area (Å²) in [7, 11) is 0. The number of nitrogens with one attached hydrogen (secondary N) is 2. The van der Waals surface area contributed by atoms with Crippen LogP contribution in [0.4, 0.5) is 8.78 Å². The molecule has 0 atom stereocenters. The van der Waals surface area contributed by atoms with E-state index in [4.69, 9.17) is 17.0 Å². The van der Waals surface area contributed by atoms with Gasteiger partial charge < -0.3 is 10.1 Å². The Bertz CT molecular complexity index is 556. The Hall–Kier alpha value is -1.64. The minimum Gasteiger partial charge on any atom is -0.379 e. The van der Waals surface area contributed by atoms with Crippen molar-refractivity contribution in [2.24, 2.45) is 5.10 Å². The summed E-state index contributed by atoms with van der Waals surface area (Å²) in [5.41, 5.74) is 2.64. The molecule has 126 valence electrons. The highest BCUT2D eigenvalue weighted by Crippen LogP contribution is 2.12. The number of morpholine rings is 1. The van der Waals surface area contributed by atoms with E-state index in [1.807, 2.05) is 0 Å². The van der Waals surface area contributed by atoms with Gasteiger partial charge in [-0.05, 0) is 31.3 Å². The van der Waals surface area contributed by atoms with E-state index in [1.54, 1.807) is 0 Å². The van der Waals surface area contributed by atoms with Gasteiger partial charge in [-0.1, -0.05) is 6.07 Å². The second-order valence-corrected chi connectivity index (χ2v) is 5.52. The van der Waals surface area contributed by atoms with E-state index >= 15 is 0 Å². The number of ether oxygens (including phenoxy) is 1. The van der Waals surface area contributed by atoms with E-state index in [0.29, 0.717) is 11.7 Å². The molecule has 8 heteroatoms. The van der Waals surface area contributed by atoms with Crippen molar-refractivity contribution in [2.45, 2.75) is 6.92 Å². The Kier molecular flexibility index (Phi) is 6.82. The van der Waals surface area contributed by atoms with E-state index in [1.165, 1.54) is 25.1 Å². The molecular formula is C15H20F2N4OS. The van der Waals surface area contributed by atoms with Crippen LogP contribution >= 0.6 is 12.2 Å². The van der Waals surface area contributed by atoms with Crippen LogP contribution in [0.15, 0.2) is 23.3 Å². The fourth-order valence-corrected chi connectivity index (χ4v) is 2.37. The van der Waals surface area contributed by atoms with Gasteiger partial charge in [-0.25, -0.2) is 8.78 Å². The standard InChI is InChI=1S/C15H20F2N4OS/c1-11(14-12(16)3-2-4-13(14)17)19-20-15(23)18-5-6-21-7-9-22-10-8-21/h2-4H,5-10H2,1H3,(H2,18,20,23)/b19-11-. The third kappa shape index (κ3) is 5.49. The molecule has 1 aliphatic heterocycles. The van der Waals surface area contributed by atoms with Crippen molar-refractivity contribution in [3.63, 3.8) is 0 Å². The minimum absolute atomic E-state index is 0.156. The summed E-state index contributed by atoms with van der Waals surface area (Å²) in [4.78, 5) is 2.27. The maximum atomic E-state index is 13.6. The van der Waals surface area contributed by atoms with E-state index in [9.17, 15) is 8.78 Å². The first-order valence-corrected chi connectivity index (χ1v) is 7.81. The maximum Gasteiger partial charge on any atom is 0.187 e. The number of hydrogen-bond donors (Lipinski definition) is 2. The molecule has 0 unspecified atom stereocenters. The van der Waals surface area contributed by atoms with Crippen LogP contribution in [0.5, 0.6) is 0 Å². The van der Waals surface area contributed by atoms with Gasteiger partial charge in [0, 0.05) is 26.2 Å². The molecule has 1 fully saturated rings. The molecule has 1 aliphatic rings. The average molecular weight is 342 g/mol. The average Bonchev–Trinajstić information content (AvgIpc) is 2.54. The quantitative estimate of drug-likeness (QED) is 0.482. The lowest BCUT2D eigenvalue weighted by Crippen LogP contribution is -2.42. The third-order valence-electron chi connectivity index (χ3n) is 3.47. The zero-order chi connectivity index (χ0) is 16.7. The second kappa shape index (κ2) is 8.85. The number of benzene rings is 1. The highest BCUT2D eigenvalue weighted by atomic mass is 32.1. The number of rotatable bonds is 5. The van der Waals surface area contributed by atoms with E-state index < -0.39 is 11.6 Å². The molecule has 0 bridgehead atoms. The Morgan fingerprint density at radius 3 is 2.61 bits per heavy atom. The SMILES string of the molecule is C/C(=N/NC(=S)NCCN1CCOCC1)c1c(F)cccc1F. The van der Waals surface area contributed by atoms with Crippen molar-refractivity contribution in [1.29, 1.82) is 0 Å². The van der Waals surface area contributed by atoms with Crippen LogP contribution in [-0.4, -0.2) is 55.1 Å². The van der Waals surface area contributed by atoms with Crippen molar-refractivity contribution in [1.82, 2.24) is 15.6 Å². The van der Waals surface area contributed by atoms with E-state index in [2.05, 4.69) is 20.7 Å². The fraction of sp³-hybridized carbons (Fsp3) is 0.467. The van der Waals surface area contributed by atoms with Gasteiger partial charge in [0.2, 0.25) is 0 Å². The highest BCUT2D eigenvalue weighted by molar-refractivity contribution is 7.80. The van der Waals surface area contributed by atoms with Gasteiger partial charge in [-0.2, -0.15) is 5.10 Å². The Morgan fingerprint density at radius 1 is 1.30 bits per heavy atom. The number of nitrogens with zero attached hydrogens (tertiary/aromatic N) is 2. The summed E-state index contributed by atoms with van der Waals surface area (Å²) >= 11 is 5.09. The van der Waals surface area contributed by atoms with Crippen molar-refractivity contribution >= 4 is 23.0 Å². The third-order valence-corrected chi connectivity index (χ3v) is 3.70. The van der Waals surface area contributed by atoms with E-state index in [-0.39, 0.29) is 11.3 Å². The van der Waals surface area contributed by atoms with E-state index in [0.717, 1.165) is 32.8 Å². The highest BCUT2D eigenvalue weighted by Gasteiger charge is 2.12. The van der Waals surface area contributed by atoms with Gasteiger partial charge in [-0.15, -0.1) is 0 Å². The van der Waals surface area contributed by atoms with Crippen LogP contribution in [0.25, 0.3) is 0 Å². The van der Waals surface area contributed by atoms with Crippen LogP contribution in [0, 0.1) is 11.6 Å². The number of hydrogen-bond acceptors (Lipinski definition) is 4. The van der Waals surface area contributed by atoms with Gasteiger partial charge in [0.05, 0.1) is 24.5 Å². The smallest absolute Gasteiger partial charge is 0.187 e. The molecule has 2 N–H and O–H groups in total. The molecule has 1 saturated heterocycles. The summed E-state index contributed by atoms with van der Waals surface area (Å²) in [5.74, 6) is -1.31. The summed E-state index contributed by atoms with van der Waals surface area (Å²) in [6, 6.07) is 3.69. The van der Waals surface area contributed by atoms with Crippen LogP contribution in [0.2, 0.25) is 0 Å². The van der Waals surface area contributed by atoms with Gasteiger partial charge in [0.15, 0.2) is 5.11 Å². The molecule has 0 radical (unpaired) electrons. The zero-order valence-electron chi connectivity index (χ0n) is 12.9. The van der Waals surface area contributed by atoms with Crippen LogP contribution < -0.4 is 10.7 Å². The number of halogens is 2. The molecule has 5 nitrogen and oxygen atoms in total. The summed E-state index contributed by atoms with van der Waals surface area (Å²) in [6.07, 6.45) is 0. The van der Waals surface area contributed by atoms with Gasteiger partial charge in [0.1, 0.15) is 11.6 Å². The Balaban J connectivity index is 1.78. The van der Waals surface area contributed by atoms with Gasteiger partial charge >= 0.3 is 0 Å². The summed E-state index contributed by atoms with van der Waals surface area (Å²) in [6.45, 7) is 6.34. The maximum absolute atomic E-state index is 13.6. The number of hydrazone groups is 1. The lowest BCUT2D eigenvalue weighted by Gasteiger charge is -2.26. The molecule has 0 amide bonds. The molecular weight excluding hydrogens is 322 g/mol. The largest absolute Gasteiger partial charge is 0.379 e. The normalized spacial score (nSPS) is 16.2. The molecule has 0 spiro atoms. The van der Waals surface area contributed by atoms with Crippen LogP contribution in [0.3, 0.4) is 0 Å². The first kappa shape index (κ1) is 17.7. The van der Waals surface area contributed by atoms with Crippen molar-refractivity contribution in [3.05, 3.63) is 35.4 Å². The predicted molar refractivity (Wildman–Crippen MR) is 89.6 cm³/mol. The van der Waals surface area contributed by atoms with Crippen molar-refractivity contribution < 1.29 is 13.5 Å². The molecule has 2 rings (SSSR count). The van der Waals surface area contributed by atoms with Crippen molar-refractivity contribution in [2.75, 3.05) is 39.4 Å². The molecule has 1 aromatic rings. The Labute approximate surface area is 139 Å². The fourth-order valence-electron chi connectivity index (χ4n) is 2.23. The molecule has 0 saturated carbocycles. The summed E-state index contributed by atoms with van der Waals surface area (Å²) < 4.78 is 32.5. The molecule has 0 aromatic heterocycles.